The molecule has 2 rings (SSSR count). The highest BCUT2D eigenvalue weighted by Gasteiger charge is 2.06. The van der Waals surface area contributed by atoms with Crippen LogP contribution in [-0.2, 0) is 9.63 Å². The molecule has 0 saturated heterocycles. The predicted octanol–water partition coefficient (Wildman–Crippen LogP) is 0.618. The van der Waals surface area contributed by atoms with Gasteiger partial charge in [-0.2, -0.15) is 5.10 Å². The fraction of sp³-hybridized carbons (Fsp3) is 0.0833. The molecule has 1 heterocycles. The maximum atomic E-state index is 11.6. The van der Waals surface area contributed by atoms with Gasteiger partial charge in [0.2, 0.25) is 0 Å². The number of aromatic nitrogens is 2. The first-order valence-electron chi connectivity index (χ1n) is 5.41. The lowest BCUT2D eigenvalue weighted by Gasteiger charge is -2.05. The zero-order chi connectivity index (χ0) is 13.7. The van der Waals surface area contributed by atoms with Crippen LogP contribution in [0.3, 0.4) is 0 Å². The van der Waals surface area contributed by atoms with Crippen molar-refractivity contribution in [3.63, 3.8) is 0 Å². The average Bonchev–Trinajstić information content (AvgIpc) is 2.92. The topological polar surface area (TPSA) is 93.5 Å². The van der Waals surface area contributed by atoms with E-state index in [0.717, 1.165) is 5.69 Å². The Balaban J connectivity index is 1.98. The summed E-state index contributed by atoms with van der Waals surface area (Å²) in [5.41, 5.74) is 3.22. The number of nitrogens with one attached hydrogen (secondary N) is 1. The molecule has 0 bridgehead atoms. The number of carbonyl (C=O) groups excluding carboxylic acids is 1. The van der Waals surface area contributed by atoms with Gasteiger partial charge in [0, 0.05) is 18.0 Å². The molecule has 0 unspecified atom stereocenters. The molecule has 1 aromatic carbocycles. The van der Waals surface area contributed by atoms with Gasteiger partial charge in [0.05, 0.1) is 5.69 Å². The van der Waals surface area contributed by atoms with E-state index >= 15 is 0 Å². The van der Waals surface area contributed by atoms with E-state index in [1.165, 1.54) is 0 Å². The van der Waals surface area contributed by atoms with Crippen molar-refractivity contribution in [3.8, 4) is 5.69 Å². The first-order chi connectivity index (χ1) is 9.16. The summed E-state index contributed by atoms with van der Waals surface area (Å²) in [5.74, 6) is -1.66. The quantitative estimate of drug-likeness (QED) is 0.769. The molecule has 0 spiro atoms. The van der Waals surface area contributed by atoms with Crippen LogP contribution < -0.4 is 5.48 Å². The van der Waals surface area contributed by atoms with Gasteiger partial charge in [-0.15, -0.1) is 0 Å². The number of hydrogen-bond donors (Lipinski definition) is 2. The fourth-order valence-corrected chi connectivity index (χ4v) is 1.41. The van der Waals surface area contributed by atoms with E-state index in [0.29, 0.717) is 5.56 Å². The lowest BCUT2D eigenvalue weighted by Crippen LogP contribution is -2.26. The van der Waals surface area contributed by atoms with Crippen molar-refractivity contribution < 1.29 is 19.5 Å². The molecule has 2 aromatic rings. The number of carboxylic acids is 1. The molecule has 0 fully saturated rings. The molecule has 0 saturated carbocycles. The Morgan fingerprint density at radius 1 is 1.32 bits per heavy atom. The van der Waals surface area contributed by atoms with E-state index in [4.69, 9.17) is 5.11 Å². The van der Waals surface area contributed by atoms with E-state index in [-0.39, 0.29) is 0 Å². The number of nitrogens with zero attached hydrogens (tertiary/aromatic N) is 2. The van der Waals surface area contributed by atoms with Gasteiger partial charge in [0.15, 0.2) is 6.61 Å². The molecule has 7 heteroatoms. The monoisotopic (exact) mass is 261 g/mol. The highest BCUT2D eigenvalue weighted by atomic mass is 16.7. The van der Waals surface area contributed by atoms with Gasteiger partial charge >= 0.3 is 5.97 Å². The number of benzene rings is 1. The Hall–Kier alpha value is -2.67. The molecule has 19 heavy (non-hydrogen) atoms. The molecular formula is C12H11N3O4. The maximum absolute atomic E-state index is 11.6. The van der Waals surface area contributed by atoms with Crippen LogP contribution in [-0.4, -0.2) is 33.4 Å². The minimum atomic E-state index is -1.16. The van der Waals surface area contributed by atoms with Crippen LogP contribution in [0.5, 0.6) is 0 Å². The second-order valence-corrected chi connectivity index (χ2v) is 3.61. The zero-order valence-electron chi connectivity index (χ0n) is 9.81. The summed E-state index contributed by atoms with van der Waals surface area (Å²) in [5, 5.41) is 12.4. The minimum absolute atomic E-state index is 0.362. The van der Waals surface area contributed by atoms with Gasteiger partial charge in [-0.3, -0.25) is 9.63 Å². The summed E-state index contributed by atoms with van der Waals surface area (Å²) < 4.78 is 1.66. The van der Waals surface area contributed by atoms with Gasteiger partial charge in [0.1, 0.15) is 0 Å². The Morgan fingerprint density at radius 2 is 2.05 bits per heavy atom. The van der Waals surface area contributed by atoms with E-state index in [1.54, 1.807) is 47.4 Å². The molecule has 7 nitrogen and oxygen atoms in total. The molecule has 1 aromatic heterocycles. The smallest absolute Gasteiger partial charge is 0.332 e. The van der Waals surface area contributed by atoms with Crippen LogP contribution in [0, 0.1) is 0 Å². The summed E-state index contributed by atoms with van der Waals surface area (Å²) in [4.78, 5) is 26.3. The van der Waals surface area contributed by atoms with E-state index in [2.05, 4.69) is 9.94 Å². The predicted molar refractivity (Wildman–Crippen MR) is 64.6 cm³/mol. The first-order valence-corrected chi connectivity index (χ1v) is 5.41. The Labute approximate surface area is 108 Å². The normalized spacial score (nSPS) is 10.1. The molecule has 0 atom stereocenters. The number of carbonyl (C=O) groups is 2. The van der Waals surface area contributed by atoms with Crippen molar-refractivity contribution >= 4 is 11.9 Å². The van der Waals surface area contributed by atoms with Crippen LogP contribution in [0.15, 0.2) is 42.7 Å². The van der Waals surface area contributed by atoms with Gasteiger partial charge in [-0.1, -0.05) is 0 Å². The number of rotatable bonds is 5. The van der Waals surface area contributed by atoms with E-state index < -0.39 is 18.5 Å². The van der Waals surface area contributed by atoms with Crippen LogP contribution in [0.2, 0.25) is 0 Å². The largest absolute Gasteiger partial charge is 0.479 e. The number of amides is 1. The number of hydroxylamine groups is 1. The molecule has 2 N–H and O–H groups in total. The second-order valence-electron chi connectivity index (χ2n) is 3.61. The second kappa shape index (κ2) is 5.78. The third-order valence-electron chi connectivity index (χ3n) is 2.26. The molecule has 0 aliphatic heterocycles. The lowest BCUT2D eigenvalue weighted by atomic mass is 10.2. The van der Waals surface area contributed by atoms with Gasteiger partial charge in [-0.05, 0) is 30.3 Å². The van der Waals surface area contributed by atoms with Gasteiger partial charge in [0.25, 0.3) is 5.91 Å². The Kier molecular flexibility index (Phi) is 3.89. The standard InChI is InChI=1S/C12H11N3O4/c16-11(17)8-19-14-12(18)9-2-4-10(5-3-9)15-7-1-6-13-15/h1-7H,8H2,(H,14,18)(H,16,17). The molecular weight excluding hydrogens is 250 g/mol. The van der Waals surface area contributed by atoms with Crippen molar-refractivity contribution in [2.75, 3.05) is 6.61 Å². The SMILES string of the molecule is O=C(O)CONC(=O)c1ccc(-n2cccn2)cc1. The highest BCUT2D eigenvalue weighted by molar-refractivity contribution is 5.93. The van der Waals surface area contributed by atoms with Crippen molar-refractivity contribution in [2.24, 2.45) is 0 Å². The minimum Gasteiger partial charge on any atom is -0.479 e. The Bertz CT molecular complexity index is 563. The zero-order valence-corrected chi connectivity index (χ0v) is 9.81. The summed E-state index contributed by atoms with van der Waals surface area (Å²) in [7, 11) is 0. The maximum Gasteiger partial charge on any atom is 0.332 e. The van der Waals surface area contributed by atoms with Crippen LogP contribution in [0.25, 0.3) is 5.69 Å². The van der Waals surface area contributed by atoms with Gasteiger partial charge < -0.3 is 5.11 Å². The van der Waals surface area contributed by atoms with Crippen LogP contribution in [0.1, 0.15) is 10.4 Å². The third-order valence-corrected chi connectivity index (χ3v) is 2.26. The van der Waals surface area contributed by atoms with Crippen LogP contribution >= 0.6 is 0 Å². The summed E-state index contributed by atoms with van der Waals surface area (Å²) in [6, 6.07) is 8.42. The number of carboxylic acid groups (broad SMARTS) is 1. The molecule has 0 radical (unpaired) electrons. The van der Waals surface area contributed by atoms with Gasteiger partial charge in [-0.25, -0.2) is 15.0 Å². The van der Waals surface area contributed by atoms with Crippen molar-refractivity contribution in [1.82, 2.24) is 15.3 Å². The van der Waals surface area contributed by atoms with Crippen molar-refractivity contribution in [3.05, 3.63) is 48.3 Å². The average molecular weight is 261 g/mol. The fourth-order valence-electron chi connectivity index (χ4n) is 1.41. The van der Waals surface area contributed by atoms with Crippen molar-refractivity contribution in [2.45, 2.75) is 0 Å². The van der Waals surface area contributed by atoms with E-state index in [9.17, 15) is 9.59 Å². The summed E-state index contributed by atoms with van der Waals surface area (Å²) in [6.45, 7) is -0.586. The molecule has 0 aliphatic carbocycles. The van der Waals surface area contributed by atoms with Crippen LogP contribution in [0.4, 0.5) is 0 Å². The van der Waals surface area contributed by atoms with E-state index in [1.807, 2.05) is 5.48 Å². The van der Waals surface area contributed by atoms with Crippen molar-refractivity contribution in [1.29, 1.82) is 0 Å². The molecule has 0 aliphatic rings. The number of aliphatic carboxylic acids is 1. The lowest BCUT2D eigenvalue weighted by molar-refractivity contribution is -0.144. The summed E-state index contributed by atoms with van der Waals surface area (Å²) >= 11 is 0. The molecule has 1 amide bonds. The first kappa shape index (κ1) is 12.8. The summed E-state index contributed by atoms with van der Waals surface area (Å²) in [6.07, 6.45) is 3.44. The molecule has 98 valence electrons. The Morgan fingerprint density at radius 3 is 2.63 bits per heavy atom. The highest BCUT2D eigenvalue weighted by Crippen LogP contribution is 2.08. The number of hydrogen-bond acceptors (Lipinski definition) is 4. The third kappa shape index (κ3) is 3.39.